The van der Waals surface area contributed by atoms with Gasteiger partial charge in [0.2, 0.25) is 23.6 Å². The third kappa shape index (κ3) is 15.9. The first kappa shape index (κ1) is 44.7. The topological polar surface area (TPSA) is 195 Å². The molecule has 0 aliphatic carbocycles. The van der Waals surface area contributed by atoms with Crippen molar-refractivity contribution in [1.82, 2.24) is 31.9 Å². The Labute approximate surface area is 330 Å². The van der Waals surface area contributed by atoms with Gasteiger partial charge in [0.05, 0.1) is 0 Å². The summed E-state index contributed by atoms with van der Waals surface area (Å²) in [5.41, 5.74) is 2.26. The van der Waals surface area contributed by atoms with Gasteiger partial charge in [0.15, 0.2) is 0 Å². The second-order valence-corrected chi connectivity index (χ2v) is 15.2. The Morgan fingerprint density at radius 1 is 0.429 bits per heavy atom. The highest BCUT2D eigenvalue weighted by Crippen LogP contribution is 2.12. The van der Waals surface area contributed by atoms with Gasteiger partial charge in [0.1, 0.15) is 30.2 Å². The van der Waals surface area contributed by atoms with Crippen LogP contribution < -0.4 is 31.9 Å². The molecule has 302 valence electrons. The zero-order valence-electron chi connectivity index (χ0n) is 33.2. The number of hydrogen-bond donors (Lipinski definition) is 7. The van der Waals surface area contributed by atoms with E-state index in [0.29, 0.717) is 0 Å². The molecule has 0 unspecified atom stereocenters. The maximum atomic E-state index is 14.1. The van der Waals surface area contributed by atoms with Gasteiger partial charge in [0, 0.05) is 25.3 Å². The van der Waals surface area contributed by atoms with Gasteiger partial charge in [-0.2, -0.15) is 0 Å². The van der Waals surface area contributed by atoms with E-state index in [1.807, 2.05) is 70.2 Å². The number of carboxylic acid groups (broad SMARTS) is 1. The minimum absolute atomic E-state index is 0.0457. The number of rotatable bonds is 21. The number of carboxylic acids is 1. The largest absolute Gasteiger partial charge is 0.480 e. The van der Waals surface area contributed by atoms with E-state index >= 15 is 0 Å². The maximum Gasteiger partial charge on any atom is 0.326 e. The average Bonchev–Trinajstić information content (AvgIpc) is 3.13. The SMILES string of the molecule is CC(C)C[C@H](NC(=O)[C@H](Cc1ccccc1)NC(=O)[C@H](CC(C)C)NC(=O)[C@H](Cc1ccccc1)NC(=O)NC(C)C)C(=O)N[C@@H](Cc1ccccc1)C(=O)O. The van der Waals surface area contributed by atoms with Crippen molar-refractivity contribution >= 4 is 35.6 Å². The molecule has 5 atom stereocenters. The van der Waals surface area contributed by atoms with Gasteiger partial charge in [-0.1, -0.05) is 119 Å². The number of carbonyl (C=O) groups is 6. The standard InChI is InChI=1S/C43H58N6O7/c1-27(2)22-33(46-41(53)36(49-43(56)44-29(5)6)25-31-18-12-8-13-19-31)38(50)47-35(24-30-16-10-7-11-17-30)40(52)45-34(23-28(3)4)39(51)48-37(42(54)55)26-32-20-14-9-15-21-32/h7-21,27-29,33-37H,22-26H2,1-6H3,(H,45,52)(H,46,53)(H,47,50)(H,48,51)(H,54,55)(H2,44,49,56)/t33-,34-,35-,36-,37-/m0/s1. The minimum atomic E-state index is -1.24. The molecule has 13 nitrogen and oxygen atoms in total. The minimum Gasteiger partial charge on any atom is -0.480 e. The van der Waals surface area contributed by atoms with E-state index in [9.17, 15) is 33.9 Å². The predicted molar refractivity (Wildman–Crippen MR) is 215 cm³/mol. The van der Waals surface area contributed by atoms with Crippen LogP contribution in [0.1, 0.15) is 71.1 Å². The van der Waals surface area contributed by atoms with Gasteiger partial charge in [0.25, 0.3) is 0 Å². The monoisotopic (exact) mass is 770 g/mol. The third-order valence-corrected chi connectivity index (χ3v) is 8.82. The van der Waals surface area contributed by atoms with Crippen LogP contribution >= 0.6 is 0 Å². The molecule has 0 radical (unpaired) electrons. The number of nitrogens with one attached hydrogen (secondary N) is 6. The van der Waals surface area contributed by atoms with Crippen LogP contribution in [0.2, 0.25) is 0 Å². The quantitative estimate of drug-likeness (QED) is 0.0854. The Morgan fingerprint density at radius 2 is 0.732 bits per heavy atom. The van der Waals surface area contributed by atoms with Crippen molar-refractivity contribution in [1.29, 1.82) is 0 Å². The van der Waals surface area contributed by atoms with Crippen molar-refractivity contribution in [2.24, 2.45) is 11.8 Å². The Balaban J connectivity index is 1.86. The smallest absolute Gasteiger partial charge is 0.326 e. The zero-order valence-corrected chi connectivity index (χ0v) is 33.2. The molecule has 0 heterocycles. The lowest BCUT2D eigenvalue weighted by Crippen LogP contribution is -2.60. The van der Waals surface area contributed by atoms with E-state index in [4.69, 9.17) is 0 Å². The van der Waals surface area contributed by atoms with Crippen molar-refractivity contribution in [3.05, 3.63) is 108 Å². The molecule has 0 aliphatic heterocycles. The van der Waals surface area contributed by atoms with Gasteiger partial charge < -0.3 is 37.0 Å². The lowest BCUT2D eigenvalue weighted by molar-refractivity contribution is -0.142. The number of benzene rings is 3. The first-order chi connectivity index (χ1) is 26.6. The van der Waals surface area contributed by atoms with E-state index in [1.54, 1.807) is 62.4 Å². The summed E-state index contributed by atoms with van der Waals surface area (Å²) in [4.78, 5) is 80.6. The molecule has 0 fully saturated rings. The van der Waals surface area contributed by atoms with E-state index in [1.165, 1.54) is 0 Å². The summed E-state index contributed by atoms with van der Waals surface area (Å²) in [7, 11) is 0. The molecule has 13 heteroatoms. The van der Waals surface area contributed by atoms with Crippen LogP contribution in [0, 0.1) is 11.8 Å². The van der Waals surface area contributed by atoms with Crippen molar-refractivity contribution in [2.75, 3.05) is 0 Å². The molecule has 0 aliphatic rings. The second kappa shape index (κ2) is 22.6. The van der Waals surface area contributed by atoms with Crippen molar-refractivity contribution in [2.45, 2.75) is 110 Å². The molecule has 0 spiro atoms. The van der Waals surface area contributed by atoms with Gasteiger partial charge in [-0.25, -0.2) is 9.59 Å². The van der Waals surface area contributed by atoms with Crippen LogP contribution in [0.5, 0.6) is 0 Å². The number of amides is 6. The molecule has 0 saturated carbocycles. The summed E-state index contributed by atoms with van der Waals surface area (Å²) >= 11 is 0. The zero-order chi connectivity index (χ0) is 41.2. The summed E-state index contributed by atoms with van der Waals surface area (Å²) in [6.45, 7) is 11.1. The number of aliphatic carboxylic acids is 1. The van der Waals surface area contributed by atoms with E-state index in [-0.39, 0.29) is 50.0 Å². The van der Waals surface area contributed by atoms with Gasteiger partial charge >= 0.3 is 12.0 Å². The molecule has 0 saturated heterocycles. The molecule has 3 aromatic rings. The first-order valence-electron chi connectivity index (χ1n) is 19.2. The molecule has 56 heavy (non-hydrogen) atoms. The Hall–Kier alpha value is -5.72. The lowest BCUT2D eigenvalue weighted by Gasteiger charge is -2.28. The molecule has 0 bridgehead atoms. The molecule has 7 N–H and O–H groups in total. The highest BCUT2D eigenvalue weighted by atomic mass is 16.4. The summed E-state index contributed by atoms with van der Waals surface area (Å²) < 4.78 is 0. The molecule has 6 amide bonds. The normalized spacial score (nSPS) is 13.8. The maximum absolute atomic E-state index is 14.1. The molecule has 3 rings (SSSR count). The fourth-order valence-corrected chi connectivity index (χ4v) is 6.13. The number of hydrogen-bond acceptors (Lipinski definition) is 6. The summed E-state index contributed by atoms with van der Waals surface area (Å²) in [6.07, 6.45) is 0.706. The highest BCUT2D eigenvalue weighted by molar-refractivity contribution is 5.96. The highest BCUT2D eigenvalue weighted by Gasteiger charge is 2.33. The summed E-state index contributed by atoms with van der Waals surface area (Å²) in [5, 5.41) is 26.4. The van der Waals surface area contributed by atoms with Crippen LogP contribution in [-0.2, 0) is 43.2 Å². The second-order valence-electron chi connectivity index (χ2n) is 15.2. The average molecular weight is 771 g/mol. The Bertz CT molecular complexity index is 1720. The lowest BCUT2D eigenvalue weighted by atomic mass is 9.98. The van der Waals surface area contributed by atoms with Crippen LogP contribution in [0.25, 0.3) is 0 Å². The molecular weight excluding hydrogens is 713 g/mol. The third-order valence-electron chi connectivity index (χ3n) is 8.82. The van der Waals surface area contributed by atoms with Crippen LogP contribution in [0.15, 0.2) is 91.0 Å². The summed E-state index contributed by atoms with van der Waals surface area (Å²) in [6, 6.07) is 20.8. The van der Waals surface area contributed by atoms with E-state index in [0.717, 1.165) is 16.7 Å². The van der Waals surface area contributed by atoms with Crippen molar-refractivity contribution < 1.29 is 33.9 Å². The fourth-order valence-electron chi connectivity index (χ4n) is 6.13. The number of carbonyl (C=O) groups excluding carboxylic acids is 5. The van der Waals surface area contributed by atoms with E-state index < -0.39 is 65.8 Å². The number of urea groups is 1. The molecule has 0 aromatic heterocycles. The first-order valence-corrected chi connectivity index (χ1v) is 19.2. The summed E-state index contributed by atoms with van der Waals surface area (Å²) in [5.74, 6) is -3.83. The van der Waals surface area contributed by atoms with Crippen LogP contribution in [0.3, 0.4) is 0 Å². The fraction of sp³-hybridized carbons (Fsp3) is 0.442. The molecular formula is C43H58N6O7. The van der Waals surface area contributed by atoms with Crippen LogP contribution in [-0.4, -0.2) is 77.0 Å². The Kier molecular flexibility index (Phi) is 18.0. The van der Waals surface area contributed by atoms with Crippen molar-refractivity contribution in [3.8, 4) is 0 Å². The van der Waals surface area contributed by atoms with Gasteiger partial charge in [-0.3, -0.25) is 19.2 Å². The van der Waals surface area contributed by atoms with Gasteiger partial charge in [-0.05, 0) is 55.2 Å². The van der Waals surface area contributed by atoms with E-state index in [2.05, 4.69) is 31.9 Å². The van der Waals surface area contributed by atoms with Crippen LogP contribution in [0.4, 0.5) is 4.79 Å². The Morgan fingerprint density at radius 3 is 1.07 bits per heavy atom. The van der Waals surface area contributed by atoms with Gasteiger partial charge in [-0.15, -0.1) is 0 Å². The predicted octanol–water partition coefficient (Wildman–Crippen LogP) is 3.91. The van der Waals surface area contributed by atoms with Crippen molar-refractivity contribution in [3.63, 3.8) is 0 Å². The molecule has 3 aromatic carbocycles.